The smallest absolute Gasteiger partial charge is 0.125 e. The van der Waals surface area contributed by atoms with Crippen LogP contribution in [-0.2, 0) is 4.74 Å². The zero-order valence-corrected chi connectivity index (χ0v) is 8.50. The van der Waals surface area contributed by atoms with Gasteiger partial charge in [-0.05, 0) is 30.2 Å². The lowest BCUT2D eigenvalue weighted by atomic mass is 10.2. The first kappa shape index (κ1) is 10.2. The molecule has 1 aliphatic heterocycles. The normalized spacial score (nSPS) is 15.9. The molecule has 2 nitrogen and oxygen atoms in total. The predicted molar refractivity (Wildman–Crippen MR) is 58.4 cm³/mol. The number of halogens is 1. The minimum absolute atomic E-state index is 0.214. The molecule has 1 aliphatic rings. The number of rotatable bonds is 3. The van der Waals surface area contributed by atoms with E-state index in [0.29, 0.717) is 6.61 Å². The number of ether oxygens (including phenoxy) is 1. The molecule has 2 rings (SSSR count). The number of hydrogen-bond acceptors (Lipinski definition) is 2. The first-order chi connectivity index (χ1) is 7.34. The van der Waals surface area contributed by atoms with Crippen LogP contribution in [0.1, 0.15) is 6.42 Å². The van der Waals surface area contributed by atoms with Crippen LogP contribution in [0.3, 0.4) is 0 Å². The fraction of sp³-hybridized carbons (Fsp3) is 0.333. The van der Waals surface area contributed by atoms with E-state index >= 15 is 0 Å². The Balaban J connectivity index is 1.90. The van der Waals surface area contributed by atoms with Gasteiger partial charge in [0.05, 0.1) is 13.2 Å². The first-order valence-corrected chi connectivity index (χ1v) is 5.10. The summed E-state index contributed by atoms with van der Waals surface area (Å²) >= 11 is 0. The van der Waals surface area contributed by atoms with Gasteiger partial charge >= 0.3 is 0 Å². The Hall–Kier alpha value is -1.35. The molecular formula is C12H14FNO. The summed E-state index contributed by atoms with van der Waals surface area (Å²) < 4.78 is 18.2. The van der Waals surface area contributed by atoms with Gasteiger partial charge in [0.25, 0.3) is 0 Å². The summed E-state index contributed by atoms with van der Waals surface area (Å²) in [4.78, 5) is 0. The zero-order valence-electron chi connectivity index (χ0n) is 8.50. The van der Waals surface area contributed by atoms with Crippen molar-refractivity contribution < 1.29 is 9.13 Å². The molecule has 0 aliphatic carbocycles. The Morgan fingerprint density at radius 2 is 2.33 bits per heavy atom. The molecule has 0 aromatic heterocycles. The molecule has 0 amide bonds. The maximum atomic E-state index is 12.9. The highest BCUT2D eigenvalue weighted by atomic mass is 19.1. The van der Waals surface area contributed by atoms with Crippen molar-refractivity contribution in [3.05, 3.63) is 41.7 Å². The van der Waals surface area contributed by atoms with Crippen LogP contribution in [0.25, 0.3) is 0 Å². The Bertz CT molecular complexity index is 362. The number of hydrogen-bond donors (Lipinski definition) is 1. The predicted octanol–water partition coefficient (Wildman–Crippen LogP) is 2.58. The average Bonchev–Trinajstić information content (AvgIpc) is 2.28. The molecule has 0 saturated heterocycles. The van der Waals surface area contributed by atoms with Gasteiger partial charge in [-0.3, -0.25) is 0 Å². The SMILES string of the molecule is Fc1cccc(NCC2=CCCOC2)c1. The molecule has 0 radical (unpaired) electrons. The van der Waals surface area contributed by atoms with E-state index < -0.39 is 0 Å². The van der Waals surface area contributed by atoms with Crippen LogP contribution >= 0.6 is 0 Å². The average molecular weight is 207 g/mol. The van der Waals surface area contributed by atoms with E-state index in [-0.39, 0.29) is 5.82 Å². The van der Waals surface area contributed by atoms with Crippen molar-refractivity contribution >= 4 is 5.69 Å². The molecule has 0 atom stereocenters. The molecule has 0 saturated carbocycles. The molecule has 0 fully saturated rings. The molecule has 1 N–H and O–H groups in total. The second-order valence-corrected chi connectivity index (χ2v) is 3.57. The first-order valence-electron chi connectivity index (χ1n) is 5.10. The number of benzene rings is 1. The van der Waals surface area contributed by atoms with Crippen molar-refractivity contribution in [2.75, 3.05) is 25.1 Å². The molecule has 0 spiro atoms. The summed E-state index contributed by atoms with van der Waals surface area (Å²) in [5.74, 6) is -0.214. The zero-order chi connectivity index (χ0) is 10.5. The van der Waals surface area contributed by atoms with Crippen molar-refractivity contribution in [3.8, 4) is 0 Å². The second-order valence-electron chi connectivity index (χ2n) is 3.57. The highest BCUT2D eigenvalue weighted by Gasteiger charge is 2.03. The highest BCUT2D eigenvalue weighted by molar-refractivity contribution is 5.44. The van der Waals surface area contributed by atoms with E-state index in [0.717, 1.165) is 25.3 Å². The van der Waals surface area contributed by atoms with E-state index in [1.165, 1.54) is 17.7 Å². The molecule has 1 heterocycles. The molecule has 0 bridgehead atoms. The Kier molecular flexibility index (Phi) is 3.35. The lowest BCUT2D eigenvalue weighted by molar-refractivity contribution is 0.150. The molecule has 1 aromatic carbocycles. The third-order valence-corrected chi connectivity index (χ3v) is 2.33. The van der Waals surface area contributed by atoms with E-state index in [2.05, 4.69) is 11.4 Å². The second kappa shape index (κ2) is 4.94. The minimum Gasteiger partial charge on any atom is -0.381 e. The van der Waals surface area contributed by atoms with Gasteiger partial charge < -0.3 is 10.1 Å². The summed E-state index contributed by atoms with van der Waals surface area (Å²) in [6, 6.07) is 6.48. The summed E-state index contributed by atoms with van der Waals surface area (Å²) in [5.41, 5.74) is 2.03. The van der Waals surface area contributed by atoms with E-state index in [4.69, 9.17) is 4.74 Å². The van der Waals surface area contributed by atoms with Gasteiger partial charge in [0.15, 0.2) is 0 Å². The van der Waals surface area contributed by atoms with E-state index in [1.807, 2.05) is 6.07 Å². The van der Waals surface area contributed by atoms with Crippen LogP contribution in [0, 0.1) is 5.82 Å². The summed E-state index contributed by atoms with van der Waals surface area (Å²) in [7, 11) is 0. The van der Waals surface area contributed by atoms with Gasteiger partial charge in [-0.1, -0.05) is 12.1 Å². The molecule has 3 heteroatoms. The molecule has 0 unspecified atom stereocenters. The Morgan fingerprint density at radius 3 is 3.07 bits per heavy atom. The standard InChI is InChI=1S/C12H14FNO/c13-11-4-1-5-12(7-11)14-8-10-3-2-6-15-9-10/h1,3-5,7,14H,2,6,8-9H2. The van der Waals surface area contributed by atoms with E-state index in [9.17, 15) is 4.39 Å². The summed E-state index contributed by atoms with van der Waals surface area (Å²) in [6.45, 7) is 2.22. The van der Waals surface area contributed by atoms with Gasteiger partial charge in [-0.25, -0.2) is 4.39 Å². The molecule has 15 heavy (non-hydrogen) atoms. The maximum Gasteiger partial charge on any atom is 0.125 e. The molecule has 80 valence electrons. The lowest BCUT2D eigenvalue weighted by Crippen LogP contribution is -2.13. The Labute approximate surface area is 88.8 Å². The van der Waals surface area contributed by atoms with Crippen molar-refractivity contribution in [2.24, 2.45) is 0 Å². The van der Waals surface area contributed by atoms with Crippen molar-refractivity contribution in [3.63, 3.8) is 0 Å². The lowest BCUT2D eigenvalue weighted by Gasteiger charge is -2.14. The van der Waals surface area contributed by atoms with Crippen LogP contribution in [-0.4, -0.2) is 19.8 Å². The van der Waals surface area contributed by atoms with Gasteiger partial charge in [0, 0.05) is 12.2 Å². The van der Waals surface area contributed by atoms with Gasteiger partial charge in [0.1, 0.15) is 5.82 Å². The number of anilines is 1. The third-order valence-electron chi connectivity index (χ3n) is 2.33. The van der Waals surface area contributed by atoms with Crippen molar-refractivity contribution in [1.82, 2.24) is 0 Å². The van der Waals surface area contributed by atoms with Crippen molar-refractivity contribution in [2.45, 2.75) is 6.42 Å². The van der Waals surface area contributed by atoms with Gasteiger partial charge in [-0.2, -0.15) is 0 Å². The fourth-order valence-electron chi connectivity index (χ4n) is 1.55. The molecular weight excluding hydrogens is 193 g/mol. The van der Waals surface area contributed by atoms with E-state index in [1.54, 1.807) is 6.07 Å². The van der Waals surface area contributed by atoms with Gasteiger partial charge in [0.2, 0.25) is 0 Å². The highest BCUT2D eigenvalue weighted by Crippen LogP contribution is 2.11. The third kappa shape index (κ3) is 3.06. The van der Waals surface area contributed by atoms with Crippen molar-refractivity contribution in [1.29, 1.82) is 0 Å². The largest absolute Gasteiger partial charge is 0.381 e. The minimum atomic E-state index is -0.214. The quantitative estimate of drug-likeness (QED) is 0.769. The van der Waals surface area contributed by atoms with Gasteiger partial charge in [-0.15, -0.1) is 0 Å². The fourth-order valence-corrected chi connectivity index (χ4v) is 1.55. The van der Waals surface area contributed by atoms with Crippen LogP contribution in [0.2, 0.25) is 0 Å². The molecule has 1 aromatic rings. The van der Waals surface area contributed by atoms with Crippen LogP contribution in [0.5, 0.6) is 0 Å². The van der Waals surface area contributed by atoms with Crippen LogP contribution in [0.15, 0.2) is 35.9 Å². The summed E-state index contributed by atoms with van der Waals surface area (Å²) in [6.07, 6.45) is 3.15. The maximum absolute atomic E-state index is 12.9. The Morgan fingerprint density at radius 1 is 1.40 bits per heavy atom. The monoisotopic (exact) mass is 207 g/mol. The number of nitrogens with one attached hydrogen (secondary N) is 1. The summed E-state index contributed by atoms with van der Waals surface area (Å²) in [5, 5.41) is 3.17. The topological polar surface area (TPSA) is 21.3 Å². The van der Waals surface area contributed by atoms with Crippen LogP contribution in [0.4, 0.5) is 10.1 Å². The van der Waals surface area contributed by atoms with Crippen LogP contribution < -0.4 is 5.32 Å².